The number of nitrogens with zero attached hydrogens (tertiary/aromatic N) is 4. The molecule has 28 heavy (non-hydrogen) atoms. The number of benzene rings is 1. The minimum atomic E-state index is -0.599. The lowest BCUT2D eigenvalue weighted by Gasteiger charge is -2.38. The number of aryl methyl sites for hydroxylation is 1. The summed E-state index contributed by atoms with van der Waals surface area (Å²) in [4.78, 5) is 23.0. The maximum Gasteiger partial charge on any atom is 0.247 e. The van der Waals surface area contributed by atoms with Gasteiger partial charge in [0.15, 0.2) is 5.82 Å². The quantitative estimate of drug-likeness (QED) is 0.658. The van der Waals surface area contributed by atoms with Crippen molar-refractivity contribution >= 4 is 44.7 Å². The highest BCUT2D eigenvalue weighted by molar-refractivity contribution is 9.10. The minimum absolute atomic E-state index is 0.0265. The van der Waals surface area contributed by atoms with Crippen molar-refractivity contribution in [3.8, 4) is 0 Å². The molecule has 3 rings (SSSR count). The molecule has 2 heterocycles. The van der Waals surface area contributed by atoms with Crippen molar-refractivity contribution in [2.75, 3.05) is 48.6 Å². The van der Waals surface area contributed by atoms with Gasteiger partial charge in [0.05, 0.1) is 17.9 Å². The summed E-state index contributed by atoms with van der Waals surface area (Å²) in [5.74, 6) is 0.940. The SMILES string of the molecule is Cc1cc(N(C)C)c2c(n1)N(c1ccc(C(C)C)cc1Br)CC(=O)N2CCF. The number of aromatic nitrogens is 1. The van der Waals surface area contributed by atoms with Gasteiger partial charge in [0, 0.05) is 24.3 Å². The van der Waals surface area contributed by atoms with Crippen molar-refractivity contribution in [3.63, 3.8) is 0 Å². The van der Waals surface area contributed by atoms with Gasteiger partial charge in [0.2, 0.25) is 5.91 Å². The van der Waals surface area contributed by atoms with Crippen molar-refractivity contribution < 1.29 is 9.18 Å². The first-order valence-corrected chi connectivity index (χ1v) is 10.2. The molecule has 0 atom stereocenters. The van der Waals surface area contributed by atoms with Gasteiger partial charge < -0.3 is 14.7 Å². The van der Waals surface area contributed by atoms with Crippen LogP contribution < -0.4 is 14.7 Å². The number of pyridine rings is 1. The van der Waals surface area contributed by atoms with Crippen LogP contribution in [0.15, 0.2) is 28.7 Å². The lowest BCUT2D eigenvalue weighted by atomic mass is 10.0. The number of carbonyl (C=O) groups is 1. The first-order valence-electron chi connectivity index (χ1n) is 9.36. The summed E-state index contributed by atoms with van der Waals surface area (Å²) in [6.07, 6.45) is 0. The topological polar surface area (TPSA) is 39.7 Å². The molecule has 5 nitrogen and oxygen atoms in total. The third-order valence-corrected chi connectivity index (χ3v) is 5.56. The summed E-state index contributed by atoms with van der Waals surface area (Å²) in [6, 6.07) is 8.10. The molecule has 0 aliphatic carbocycles. The van der Waals surface area contributed by atoms with Gasteiger partial charge in [-0.2, -0.15) is 0 Å². The van der Waals surface area contributed by atoms with Crippen molar-refractivity contribution in [3.05, 3.63) is 40.0 Å². The summed E-state index contributed by atoms with van der Waals surface area (Å²) >= 11 is 3.67. The second kappa shape index (κ2) is 8.07. The summed E-state index contributed by atoms with van der Waals surface area (Å²) < 4.78 is 14.1. The Morgan fingerprint density at radius 1 is 1.29 bits per heavy atom. The zero-order chi connectivity index (χ0) is 20.6. The fourth-order valence-corrected chi connectivity index (χ4v) is 4.07. The summed E-state index contributed by atoms with van der Waals surface area (Å²) in [7, 11) is 3.83. The average Bonchev–Trinajstić information content (AvgIpc) is 2.63. The highest BCUT2D eigenvalue weighted by atomic mass is 79.9. The molecule has 1 aromatic heterocycles. The van der Waals surface area contributed by atoms with Crippen LogP contribution in [0.5, 0.6) is 0 Å². The molecule has 2 aromatic rings. The molecule has 0 N–H and O–H groups in total. The molecule has 150 valence electrons. The number of alkyl halides is 1. The van der Waals surface area contributed by atoms with Gasteiger partial charge in [-0.05, 0) is 52.5 Å². The van der Waals surface area contributed by atoms with E-state index >= 15 is 0 Å². The Bertz CT molecular complexity index is 900. The Kier molecular flexibility index (Phi) is 5.93. The van der Waals surface area contributed by atoms with Gasteiger partial charge in [-0.1, -0.05) is 19.9 Å². The maximum atomic E-state index is 13.2. The van der Waals surface area contributed by atoms with Gasteiger partial charge in [0.25, 0.3) is 0 Å². The zero-order valence-electron chi connectivity index (χ0n) is 17.0. The van der Waals surface area contributed by atoms with E-state index in [1.54, 1.807) is 0 Å². The van der Waals surface area contributed by atoms with Gasteiger partial charge in [-0.25, -0.2) is 9.37 Å². The molecule has 1 aromatic carbocycles. The van der Waals surface area contributed by atoms with Gasteiger partial charge in [0.1, 0.15) is 18.9 Å². The van der Waals surface area contributed by atoms with Gasteiger partial charge in [-0.3, -0.25) is 4.79 Å². The smallest absolute Gasteiger partial charge is 0.247 e. The van der Waals surface area contributed by atoms with E-state index in [0.29, 0.717) is 17.4 Å². The van der Waals surface area contributed by atoms with E-state index in [4.69, 9.17) is 4.98 Å². The maximum absolute atomic E-state index is 13.2. The van der Waals surface area contributed by atoms with Crippen LogP contribution >= 0.6 is 15.9 Å². The molecule has 0 saturated carbocycles. The number of amides is 1. The fraction of sp³-hybridized carbons (Fsp3) is 0.429. The van der Waals surface area contributed by atoms with E-state index in [-0.39, 0.29) is 19.0 Å². The number of halogens is 2. The third kappa shape index (κ3) is 3.72. The fourth-order valence-electron chi connectivity index (χ4n) is 3.46. The molecule has 1 aliphatic heterocycles. The number of anilines is 4. The number of hydrogen-bond donors (Lipinski definition) is 0. The number of rotatable bonds is 5. The first kappa shape index (κ1) is 20.6. The summed E-state index contributed by atoms with van der Waals surface area (Å²) in [5.41, 5.74) is 4.44. The lowest BCUT2D eigenvalue weighted by Crippen LogP contribution is -2.46. The van der Waals surface area contributed by atoms with Crippen LogP contribution in [0.3, 0.4) is 0 Å². The van der Waals surface area contributed by atoms with Crippen molar-refractivity contribution in [2.45, 2.75) is 26.7 Å². The van der Waals surface area contributed by atoms with E-state index < -0.39 is 6.67 Å². The predicted molar refractivity (Wildman–Crippen MR) is 117 cm³/mol. The van der Waals surface area contributed by atoms with Crippen LogP contribution in [0.4, 0.5) is 27.3 Å². The van der Waals surface area contributed by atoms with Gasteiger partial charge >= 0.3 is 0 Å². The molecule has 0 unspecified atom stereocenters. The van der Waals surface area contributed by atoms with Crippen molar-refractivity contribution in [2.24, 2.45) is 0 Å². The predicted octanol–water partition coefficient (Wildman–Crippen LogP) is 4.80. The van der Waals surface area contributed by atoms with Crippen LogP contribution in [0, 0.1) is 6.92 Å². The van der Waals surface area contributed by atoms with Crippen LogP contribution in [-0.2, 0) is 4.79 Å². The van der Waals surface area contributed by atoms with E-state index in [2.05, 4.69) is 41.9 Å². The van der Waals surface area contributed by atoms with Crippen LogP contribution in [0.2, 0.25) is 0 Å². The number of fused-ring (bicyclic) bond motifs is 1. The van der Waals surface area contributed by atoms with Crippen LogP contribution in [0.25, 0.3) is 0 Å². The monoisotopic (exact) mass is 448 g/mol. The molecule has 0 spiro atoms. The summed E-state index contributed by atoms with van der Waals surface area (Å²) in [6.45, 7) is 5.76. The van der Waals surface area contributed by atoms with E-state index in [1.165, 1.54) is 10.5 Å². The Morgan fingerprint density at radius 2 is 2.00 bits per heavy atom. The van der Waals surface area contributed by atoms with Crippen molar-refractivity contribution in [1.29, 1.82) is 0 Å². The molecular weight excluding hydrogens is 423 g/mol. The van der Waals surface area contributed by atoms with Crippen molar-refractivity contribution in [1.82, 2.24) is 4.98 Å². The van der Waals surface area contributed by atoms with E-state index in [0.717, 1.165) is 21.5 Å². The third-order valence-electron chi connectivity index (χ3n) is 4.92. The Morgan fingerprint density at radius 3 is 2.57 bits per heavy atom. The standard InChI is InChI=1S/C21H26BrFN4O/c1-13(2)15-6-7-17(16(22)11-15)27-12-19(28)26(9-8-23)20-18(25(4)5)10-14(3)24-21(20)27/h6-7,10-11,13H,8-9,12H2,1-5H3. The van der Waals surface area contributed by atoms with E-state index in [9.17, 15) is 9.18 Å². The number of hydrogen-bond acceptors (Lipinski definition) is 4. The average molecular weight is 449 g/mol. The van der Waals surface area contributed by atoms with Gasteiger partial charge in [-0.15, -0.1) is 0 Å². The Balaban J connectivity index is 2.21. The molecule has 1 aliphatic rings. The second-order valence-corrected chi connectivity index (χ2v) is 8.39. The largest absolute Gasteiger partial charge is 0.376 e. The lowest BCUT2D eigenvalue weighted by molar-refractivity contribution is -0.117. The zero-order valence-corrected chi connectivity index (χ0v) is 18.5. The minimum Gasteiger partial charge on any atom is -0.376 e. The summed E-state index contributed by atoms with van der Waals surface area (Å²) in [5, 5.41) is 0. The van der Waals surface area contributed by atoms with Crippen LogP contribution in [-0.4, -0.2) is 44.8 Å². The molecule has 0 bridgehead atoms. The molecule has 1 amide bonds. The van der Waals surface area contributed by atoms with E-state index in [1.807, 2.05) is 43.0 Å². The molecule has 0 fully saturated rings. The Labute approximate surface area is 174 Å². The second-order valence-electron chi connectivity index (χ2n) is 7.54. The van der Waals surface area contributed by atoms with Crippen LogP contribution in [0.1, 0.15) is 31.0 Å². The number of carbonyl (C=O) groups excluding carboxylic acids is 1. The first-order chi connectivity index (χ1) is 13.2. The Hall–Kier alpha value is -2.15. The normalized spacial score (nSPS) is 13.9. The molecule has 0 radical (unpaired) electrons. The highest BCUT2D eigenvalue weighted by Gasteiger charge is 2.34. The molecular formula is C21H26BrFN4O. The highest BCUT2D eigenvalue weighted by Crippen LogP contribution is 2.45. The molecule has 0 saturated heterocycles. The molecule has 7 heteroatoms.